The van der Waals surface area contributed by atoms with Crippen molar-refractivity contribution in [2.45, 2.75) is 75.5 Å². The molecule has 8 rings (SSSR count). The Morgan fingerprint density at radius 1 is 0.172 bits per heavy atom. The predicted octanol–water partition coefficient (Wildman–Crippen LogP) is -11.7. The number of amides is 8. The van der Waals surface area contributed by atoms with Crippen molar-refractivity contribution in [3.63, 3.8) is 0 Å². The molecule has 56 nitrogen and oxygen atoms in total. The molecule has 8 amide bonds. The van der Waals surface area contributed by atoms with Gasteiger partial charge in [0.1, 0.15) is 0 Å². The number of aliphatic carboxylic acids is 12. The summed E-state index contributed by atoms with van der Waals surface area (Å²) in [7, 11) is 0. The van der Waals surface area contributed by atoms with Crippen LogP contribution in [0.4, 0.5) is 0 Å². The topological polar surface area (TPSA) is 697 Å². The molecule has 16 N–H and O–H groups in total. The molecule has 0 bridgehead atoms. The summed E-state index contributed by atoms with van der Waals surface area (Å²) in [6.45, 7) is -10.1. The van der Waals surface area contributed by atoms with Crippen molar-refractivity contribution in [2.75, 3.05) is 367 Å². The van der Waals surface area contributed by atoms with E-state index in [4.69, 9.17) is 0 Å². The Labute approximate surface area is 839 Å². The predicted molar refractivity (Wildman–Crippen MR) is 508 cm³/mol. The summed E-state index contributed by atoms with van der Waals surface area (Å²) in [6.07, 6.45) is 3.46. The summed E-state index contributed by atoms with van der Waals surface area (Å²) in [5.74, 6) is -19.8. The number of rotatable bonds is 52. The number of carboxylic acids is 12. The second-order valence-electron chi connectivity index (χ2n) is 38.8. The monoisotopic (exact) mass is 2070 g/mol. The molecule has 0 atom stereocenters. The van der Waals surface area contributed by atoms with Gasteiger partial charge in [-0.3, -0.25) is 174 Å². The van der Waals surface area contributed by atoms with Gasteiger partial charge in [-0.1, -0.05) is 0 Å². The minimum Gasteiger partial charge on any atom is -0.480 e. The second kappa shape index (κ2) is 60.8. The molecule has 4 aliphatic carbocycles. The van der Waals surface area contributed by atoms with E-state index in [0.29, 0.717) is 51.4 Å². The van der Waals surface area contributed by atoms with Crippen LogP contribution in [0.25, 0.3) is 0 Å². The Bertz CT molecular complexity index is 3720. The Hall–Kier alpha value is -11.2. The minimum atomic E-state index is -1.84. The smallest absolute Gasteiger partial charge is 0.317 e. The molecule has 816 valence electrons. The van der Waals surface area contributed by atoms with E-state index in [0.717, 1.165) is 0 Å². The van der Waals surface area contributed by atoms with E-state index in [1.165, 1.54) is 19.6 Å². The lowest BCUT2D eigenvalue weighted by Gasteiger charge is -2.36. The number of carbonyl (C=O) groups excluding carboxylic acids is 8. The molecule has 4 saturated carbocycles. The van der Waals surface area contributed by atoms with Crippen molar-refractivity contribution in [2.24, 2.45) is 5.41 Å². The van der Waals surface area contributed by atoms with Crippen molar-refractivity contribution in [3.05, 3.63) is 0 Å². The molecule has 0 unspecified atom stereocenters. The number of carboxylic acid groups (broad SMARTS) is 12. The van der Waals surface area contributed by atoms with E-state index >= 15 is 38.4 Å². The van der Waals surface area contributed by atoms with Gasteiger partial charge in [0.25, 0.3) is 0 Å². The van der Waals surface area contributed by atoms with E-state index in [1.807, 2.05) is 0 Å². The van der Waals surface area contributed by atoms with Crippen LogP contribution in [0.1, 0.15) is 51.4 Å². The van der Waals surface area contributed by atoms with Crippen LogP contribution in [0.2, 0.25) is 0 Å². The molecule has 0 radical (unpaired) electrons. The first-order valence-corrected chi connectivity index (χ1v) is 49.3. The summed E-state index contributed by atoms with van der Waals surface area (Å²) in [4.78, 5) is 298. The summed E-state index contributed by atoms with van der Waals surface area (Å²) in [5, 5.41) is 131. The fourth-order valence-electron chi connectivity index (χ4n) is 17.9. The highest BCUT2D eigenvalue weighted by atomic mass is 16.4. The van der Waals surface area contributed by atoms with Gasteiger partial charge in [0.15, 0.2) is 0 Å². The molecule has 4 saturated heterocycles. The zero-order valence-electron chi connectivity index (χ0n) is 82.5. The van der Waals surface area contributed by atoms with Crippen LogP contribution in [0, 0.1) is 5.41 Å². The first kappa shape index (κ1) is 119. The molecule has 8 fully saturated rings. The first-order valence-electron chi connectivity index (χ1n) is 49.3. The highest BCUT2D eigenvalue weighted by molar-refractivity contribution is 5.89. The van der Waals surface area contributed by atoms with Crippen LogP contribution < -0.4 is 21.3 Å². The summed E-state index contributed by atoms with van der Waals surface area (Å²) in [6, 6.07) is -2.04. The average molecular weight is 2070 g/mol. The summed E-state index contributed by atoms with van der Waals surface area (Å²) >= 11 is 0. The maximum Gasteiger partial charge on any atom is 0.317 e. The van der Waals surface area contributed by atoms with Gasteiger partial charge in [-0.2, -0.15) is 0 Å². The first-order chi connectivity index (χ1) is 68.8. The van der Waals surface area contributed by atoms with Gasteiger partial charge in [0, 0.05) is 265 Å². The molecule has 4 aliphatic heterocycles. The molecular formula is C89H148N24O32. The summed E-state index contributed by atoms with van der Waals surface area (Å²) in [5.41, 5.74) is -1.84. The molecule has 56 heteroatoms. The highest BCUT2D eigenvalue weighted by Crippen LogP contribution is 2.31. The molecular weight excluding hydrogens is 1920 g/mol. The summed E-state index contributed by atoms with van der Waals surface area (Å²) < 4.78 is 0. The van der Waals surface area contributed by atoms with Crippen LogP contribution in [-0.2, 0) is 95.9 Å². The Balaban J connectivity index is 1.14. The van der Waals surface area contributed by atoms with Gasteiger partial charge < -0.3 is 102 Å². The molecule has 0 aromatic carbocycles. The molecule has 0 aromatic rings. The van der Waals surface area contributed by atoms with E-state index in [2.05, 4.69) is 21.3 Å². The zero-order valence-corrected chi connectivity index (χ0v) is 82.5. The number of nitrogens with zero attached hydrogens (tertiary/aromatic N) is 20. The molecule has 145 heavy (non-hydrogen) atoms. The van der Waals surface area contributed by atoms with Crippen LogP contribution >= 0.6 is 0 Å². The molecule has 4 heterocycles. The van der Waals surface area contributed by atoms with Crippen LogP contribution in [0.5, 0.6) is 0 Å². The normalized spacial score (nSPS) is 20.0. The van der Waals surface area contributed by atoms with Crippen molar-refractivity contribution in [3.8, 4) is 0 Å². The Morgan fingerprint density at radius 2 is 0.269 bits per heavy atom. The standard InChI is InChI=1S/C89H148N24O32/c114-69(41-110(65-1-2-65)73(118)45-94-9-17-98(49-77(122)123)25-33-106(57-85(138)139)34-26-99(18-10-94)50-78(124)125)90-61-89(62-91-70(115)42-111(66-3-4-66)74(119)46-95-11-19-100(51-79(126)127)27-35-107(58-86(140)141)36-28-101(20-12-95)52-80(128)129,63-92-71(116)43-112(67-5-6-67)75(120)47-96-13-21-102(53-81(130)131)29-37-108(59-87(142)143)38-30-103(22-14-96)54-82(132)133)64-93-72(117)44-113(68-7-8-68)76(121)48-97-15-23-104(55-83(134)135)31-39-109(60-88(144)145)40-32-105(24-16-97)56-84(136)137/h65-68H,1-64H2,(H,90,114)(H,91,115)(H,92,116)(H,93,117)(H,122,123)(H,124,125)(H,126,127)(H,128,129)(H,130,131)(H,132,133)(H,134,135)(H,136,137)(H,138,139)(H,140,141)(H,142,143)(H,144,145). The van der Waals surface area contributed by atoms with Gasteiger partial charge in [0.2, 0.25) is 47.3 Å². The molecule has 0 aromatic heterocycles. The van der Waals surface area contributed by atoms with Gasteiger partial charge in [0.05, 0.1) is 131 Å². The Morgan fingerprint density at radius 3 is 0.359 bits per heavy atom. The fourth-order valence-corrected chi connectivity index (χ4v) is 17.9. The number of hydrogen-bond acceptors (Lipinski definition) is 36. The number of carbonyl (C=O) groups is 20. The van der Waals surface area contributed by atoms with Crippen LogP contribution in [-0.4, -0.2) is 669 Å². The zero-order chi connectivity index (χ0) is 106. The minimum absolute atomic E-state index is 0.0334. The lowest BCUT2D eigenvalue weighted by molar-refractivity contribution is -0.141. The SMILES string of the molecule is O=C(O)CN1CCN(CC(=O)O)CCN(CC(=O)N(CC(=O)NCC(CNC(=O)CN(C(=O)CN2CCN(CC(=O)O)CCN(CC(=O)O)CCN(CC(=O)O)CC2)C2CC2)(CNC(=O)CN(C(=O)CN2CCN(CC(=O)O)CCN(CC(=O)O)CCN(CC(=O)O)CC2)C2CC2)CNC(=O)CN(C(=O)CN2CCN(CC(=O)O)CCN(CC(=O)O)CCN(CC(=O)O)CC2)C2CC2)C2CC2)CCN(CC(=O)O)CC1. The third-order valence-corrected chi connectivity index (χ3v) is 26.6. The van der Waals surface area contributed by atoms with Crippen molar-refractivity contribution >= 4 is 119 Å². The maximum absolute atomic E-state index is 15.2. The maximum atomic E-state index is 15.2. The van der Waals surface area contributed by atoms with Gasteiger partial charge in [-0.25, -0.2) is 0 Å². The van der Waals surface area contributed by atoms with E-state index in [1.54, 1.807) is 78.4 Å². The van der Waals surface area contributed by atoms with Gasteiger partial charge >= 0.3 is 71.6 Å². The number of nitrogens with one attached hydrogen (secondary N) is 4. The Kier molecular flexibility index (Phi) is 49.9. The van der Waals surface area contributed by atoms with E-state index < -0.39 is 279 Å². The molecule has 0 spiro atoms. The van der Waals surface area contributed by atoms with Gasteiger partial charge in [-0.15, -0.1) is 0 Å². The van der Waals surface area contributed by atoms with Gasteiger partial charge in [-0.05, 0) is 51.4 Å². The van der Waals surface area contributed by atoms with E-state index in [-0.39, 0.29) is 236 Å². The second-order valence-corrected chi connectivity index (χ2v) is 38.8. The number of hydrogen-bond donors (Lipinski definition) is 16. The van der Waals surface area contributed by atoms with E-state index in [9.17, 15) is 119 Å². The van der Waals surface area contributed by atoms with Crippen LogP contribution in [0.15, 0.2) is 0 Å². The van der Waals surface area contributed by atoms with Crippen LogP contribution in [0.3, 0.4) is 0 Å². The van der Waals surface area contributed by atoms with Crippen molar-refractivity contribution < 1.29 is 157 Å². The average Bonchev–Trinajstić information content (AvgIpc) is 1.33. The largest absolute Gasteiger partial charge is 0.480 e. The lowest BCUT2D eigenvalue weighted by atomic mass is 9.86. The lowest BCUT2D eigenvalue weighted by Crippen LogP contribution is -2.59. The fraction of sp³-hybridized carbons (Fsp3) is 0.775. The highest BCUT2D eigenvalue weighted by Gasteiger charge is 2.43. The third kappa shape index (κ3) is 48.3. The quantitative estimate of drug-likeness (QED) is 0.0269. The molecule has 8 aliphatic rings. The third-order valence-electron chi connectivity index (χ3n) is 26.6. The van der Waals surface area contributed by atoms with Crippen molar-refractivity contribution in [1.82, 2.24) is 119 Å². The van der Waals surface area contributed by atoms with Crippen molar-refractivity contribution in [1.29, 1.82) is 0 Å².